The number of hydrogen-bond acceptors (Lipinski definition) is 1. The monoisotopic (exact) mass is 326 g/mol. The zero-order valence-corrected chi connectivity index (χ0v) is 14.2. The Morgan fingerprint density at radius 2 is 1.08 bits per heavy atom. The van der Waals surface area contributed by atoms with Crippen molar-refractivity contribution in [2.24, 2.45) is 0 Å². The van der Waals surface area contributed by atoms with Crippen LogP contribution in [0.1, 0.15) is 27.8 Å². The highest BCUT2D eigenvalue weighted by atomic mass is 16.2. The van der Waals surface area contributed by atoms with E-state index in [4.69, 9.17) is 5.11 Å². The van der Waals surface area contributed by atoms with Gasteiger partial charge in [-0.25, -0.2) is 0 Å². The molecule has 0 amide bonds. The first-order chi connectivity index (χ1) is 12.3. The molecule has 1 N–H and O–H groups in total. The summed E-state index contributed by atoms with van der Waals surface area (Å²) in [6.07, 6.45) is 9.15. The SMILES string of the molecule is OCCc1ccccc1C=Cc1ccc(C=Cc2ccccc2)cc1. The maximum atomic E-state index is 9.16. The van der Waals surface area contributed by atoms with Crippen molar-refractivity contribution in [2.45, 2.75) is 6.42 Å². The molecule has 0 saturated carbocycles. The molecule has 1 nitrogen and oxygen atoms in total. The molecule has 0 fully saturated rings. The van der Waals surface area contributed by atoms with E-state index in [9.17, 15) is 0 Å². The summed E-state index contributed by atoms with van der Waals surface area (Å²) in [5.74, 6) is 0. The van der Waals surface area contributed by atoms with Crippen LogP contribution in [-0.4, -0.2) is 11.7 Å². The van der Waals surface area contributed by atoms with Crippen molar-refractivity contribution in [3.63, 3.8) is 0 Å². The molecule has 0 radical (unpaired) electrons. The highest BCUT2D eigenvalue weighted by molar-refractivity contribution is 5.73. The fraction of sp³-hybridized carbons (Fsp3) is 0.0833. The Hall–Kier alpha value is -2.90. The number of rotatable bonds is 6. The predicted octanol–water partition coefficient (Wildman–Crippen LogP) is 5.56. The van der Waals surface area contributed by atoms with Gasteiger partial charge in [0.25, 0.3) is 0 Å². The molecule has 0 unspecified atom stereocenters. The lowest BCUT2D eigenvalue weighted by atomic mass is 10.0. The molecule has 3 aromatic rings. The van der Waals surface area contributed by atoms with Gasteiger partial charge in [0.1, 0.15) is 0 Å². The Balaban J connectivity index is 1.70. The van der Waals surface area contributed by atoms with Crippen LogP contribution in [0.4, 0.5) is 0 Å². The minimum Gasteiger partial charge on any atom is -0.396 e. The van der Waals surface area contributed by atoms with Gasteiger partial charge in [-0.2, -0.15) is 0 Å². The second-order valence-corrected chi connectivity index (χ2v) is 5.92. The largest absolute Gasteiger partial charge is 0.396 e. The predicted molar refractivity (Wildman–Crippen MR) is 108 cm³/mol. The summed E-state index contributed by atoms with van der Waals surface area (Å²) in [6, 6.07) is 27.0. The van der Waals surface area contributed by atoms with Crippen LogP contribution in [0, 0.1) is 0 Å². The van der Waals surface area contributed by atoms with Crippen molar-refractivity contribution >= 4 is 24.3 Å². The van der Waals surface area contributed by atoms with E-state index in [0.29, 0.717) is 6.42 Å². The van der Waals surface area contributed by atoms with Gasteiger partial charge in [-0.05, 0) is 34.2 Å². The Labute approximate surface area is 149 Å². The molecule has 0 aromatic heterocycles. The van der Waals surface area contributed by atoms with Crippen molar-refractivity contribution < 1.29 is 5.11 Å². The first-order valence-electron chi connectivity index (χ1n) is 8.55. The van der Waals surface area contributed by atoms with Gasteiger partial charge in [-0.3, -0.25) is 0 Å². The standard InChI is InChI=1S/C24H22O/c25-19-18-24-9-5-4-8-23(24)17-16-22-14-12-21(13-15-22)11-10-20-6-2-1-3-7-20/h1-17,25H,18-19H2. The van der Waals surface area contributed by atoms with E-state index in [1.807, 2.05) is 30.3 Å². The minimum atomic E-state index is 0.174. The van der Waals surface area contributed by atoms with Crippen molar-refractivity contribution in [1.29, 1.82) is 0 Å². The normalized spacial score (nSPS) is 11.4. The minimum absolute atomic E-state index is 0.174. The summed E-state index contributed by atoms with van der Waals surface area (Å²) in [6.45, 7) is 0.174. The summed E-state index contributed by atoms with van der Waals surface area (Å²) in [4.78, 5) is 0. The van der Waals surface area contributed by atoms with E-state index in [-0.39, 0.29) is 6.61 Å². The zero-order chi connectivity index (χ0) is 17.3. The number of hydrogen-bond donors (Lipinski definition) is 1. The average Bonchev–Trinajstić information content (AvgIpc) is 2.68. The lowest BCUT2D eigenvalue weighted by Crippen LogP contribution is -1.93. The van der Waals surface area contributed by atoms with Gasteiger partial charge in [0.15, 0.2) is 0 Å². The Bertz CT molecular complexity index is 843. The molecule has 1 heteroatoms. The molecule has 0 aliphatic carbocycles. The first-order valence-corrected chi connectivity index (χ1v) is 8.55. The van der Waals surface area contributed by atoms with Gasteiger partial charge in [0.05, 0.1) is 0 Å². The second-order valence-electron chi connectivity index (χ2n) is 5.92. The summed E-state index contributed by atoms with van der Waals surface area (Å²) >= 11 is 0. The van der Waals surface area contributed by atoms with Crippen LogP contribution in [-0.2, 0) is 6.42 Å². The van der Waals surface area contributed by atoms with Crippen molar-refractivity contribution in [3.8, 4) is 0 Å². The molecule has 124 valence electrons. The Morgan fingerprint density at radius 3 is 1.72 bits per heavy atom. The maximum absolute atomic E-state index is 9.16. The molecule has 0 spiro atoms. The first kappa shape index (κ1) is 16.9. The van der Waals surface area contributed by atoms with Crippen LogP contribution in [0.3, 0.4) is 0 Å². The molecule has 0 atom stereocenters. The van der Waals surface area contributed by atoms with Gasteiger partial charge >= 0.3 is 0 Å². The molecule has 3 aromatic carbocycles. The second kappa shape index (κ2) is 8.81. The van der Waals surface area contributed by atoms with Crippen LogP contribution in [0.2, 0.25) is 0 Å². The van der Waals surface area contributed by atoms with Gasteiger partial charge in [-0.1, -0.05) is 103 Å². The molecule has 0 saturated heterocycles. The fourth-order valence-corrected chi connectivity index (χ4v) is 2.71. The lowest BCUT2D eigenvalue weighted by Gasteiger charge is -2.03. The topological polar surface area (TPSA) is 20.2 Å². The van der Waals surface area contributed by atoms with E-state index in [1.165, 1.54) is 16.7 Å². The van der Waals surface area contributed by atoms with Crippen LogP contribution in [0.25, 0.3) is 24.3 Å². The molecule has 0 heterocycles. The third-order valence-electron chi connectivity index (χ3n) is 4.10. The summed E-state index contributed by atoms with van der Waals surface area (Å²) in [5, 5.41) is 9.16. The van der Waals surface area contributed by atoms with Crippen LogP contribution in [0.5, 0.6) is 0 Å². The molecule has 3 rings (SSSR count). The smallest absolute Gasteiger partial charge is 0.0471 e. The summed E-state index contributed by atoms with van der Waals surface area (Å²) < 4.78 is 0. The number of aliphatic hydroxyl groups excluding tert-OH is 1. The van der Waals surface area contributed by atoms with Crippen molar-refractivity contribution in [2.75, 3.05) is 6.61 Å². The fourth-order valence-electron chi connectivity index (χ4n) is 2.71. The third-order valence-corrected chi connectivity index (χ3v) is 4.10. The summed E-state index contributed by atoms with van der Waals surface area (Å²) in [5.41, 5.74) is 5.87. The van der Waals surface area contributed by atoms with Gasteiger partial charge in [0, 0.05) is 6.61 Å². The zero-order valence-electron chi connectivity index (χ0n) is 14.2. The number of benzene rings is 3. The molecule has 0 bridgehead atoms. The van der Waals surface area contributed by atoms with Crippen LogP contribution >= 0.6 is 0 Å². The van der Waals surface area contributed by atoms with Crippen LogP contribution < -0.4 is 0 Å². The lowest BCUT2D eigenvalue weighted by molar-refractivity contribution is 0.299. The van der Waals surface area contributed by atoms with E-state index in [0.717, 1.165) is 11.1 Å². The average molecular weight is 326 g/mol. The molecule has 0 aliphatic rings. The Kier molecular flexibility index (Phi) is 5.97. The van der Waals surface area contributed by atoms with E-state index in [1.54, 1.807) is 0 Å². The van der Waals surface area contributed by atoms with Gasteiger partial charge in [-0.15, -0.1) is 0 Å². The van der Waals surface area contributed by atoms with Crippen molar-refractivity contribution in [1.82, 2.24) is 0 Å². The number of aliphatic hydroxyl groups is 1. The highest BCUT2D eigenvalue weighted by Gasteiger charge is 1.97. The van der Waals surface area contributed by atoms with Gasteiger partial charge in [0.2, 0.25) is 0 Å². The maximum Gasteiger partial charge on any atom is 0.0471 e. The van der Waals surface area contributed by atoms with E-state index >= 15 is 0 Å². The molecule has 25 heavy (non-hydrogen) atoms. The quantitative estimate of drug-likeness (QED) is 0.588. The molecular formula is C24H22O. The van der Waals surface area contributed by atoms with Crippen molar-refractivity contribution in [3.05, 3.63) is 107 Å². The molecular weight excluding hydrogens is 304 g/mol. The third kappa shape index (κ3) is 5.03. The summed E-state index contributed by atoms with van der Waals surface area (Å²) in [7, 11) is 0. The van der Waals surface area contributed by atoms with Crippen LogP contribution in [0.15, 0.2) is 78.9 Å². The van der Waals surface area contributed by atoms with E-state index < -0.39 is 0 Å². The van der Waals surface area contributed by atoms with E-state index in [2.05, 4.69) is 72.8 Å². The molecule has 0 aliphatic heterocycles. The highest BCUT2D eigenvalue weighted by Crippen LogP contribution is 2.15. The van der Waals surface area contributed by atoms with Gasteiger partial charge < -0.3 is 5.11 Å². The Morgan fingerprint density at radius 1 is 0.560 bits per heavy atom.